The zero-order chi connectivity index (χ0) is 25.6. The van der Waals surface area contributed by atoms with Crippen LogP contribution < -0.4 is 5.69 Å². The third-order valence-electron chi connectivity index (χ3n) is 8.93. The molecule has 5 atom stereocenters. The van der Waals surface area contributed by atoms with Gasteiger partial charge in [-0.25, -0.2) is 9.48 Å². The molecule has 6 rings (SSSR count). The summed E-state index contributed by atoms with van der Waals surface area (Å²) in [6, 6.07) is 19.7. The third-order valence-corrected chi connectivity index (χ3v) is 8.93. The van der Waals surface area contributed by atoms with Crippen LogP contribution in [0.15, 0.2) is 59.4 Å². The Morgan fingerprint density at radius 2 is 1.78 bits per heavy atom. The average molecular weight is 503 g/mol. The number of aliphatic hydroxyl groups excluding tert-OH is 1. The van der Waals surface area contributed by atoms with Crippen LogP contribution in [-0.4, -0.2) is 55.2 Å². The maximum absolute atomic E-state index is 13.0. The van der Waals surface area contributed by atoms with Crippen LogP contribution in [0.1, 0.15) is 55.6 Å². The van der Waals surface area contributed by atoms with Crippen molar-refractivity contribution in [3.05, 3.63) is 87.6 Å². The lowest BCUT2D eigenvalue weighted by atomic mass is 9.89. The van der Waals surface area contributed by atoms with Gasteiger partial charge in [0.15, 0.2) is 0 Å². The molecule has 2 saturated carbocycles. The van der Waals surface area contributed by atoms with Crippen molar-refractivity contribution in [2.45, 2.75) is 89.9 Å². The Kier molecular flexibility index (Phi) is 6.55. The highest BCUT2D eigenvalue weighted by Crippen LogP contribution is 2.70. The van der Waals surface area contributed by atoms with Gasteiger partial charge < -0.3 is 9.84 Å². The Bertz CT molecular complexity index is 1300. The first-order valence-corrected chi connectivity index (χ1v) is 13.8. The van der Waals surface area contributed by atoms with E-state index in [1.54, 1.807) is 4.57 Å². The van der Waals surface area contributed by atoms with Gasteiger partial charge in [-0.3, -0.25) is 9.47 Å². The van der Waals surface area contributed by atoms with Crippen LogP contribution in [0.3, 0.4) is 0 Å². The van der Waals surface area contributed by atoms with Crippen molar-refractivity contribution in [1.29, 1.82) is 0 Å². The van der Waals surface area contributed by atoms with Gasteiger partial charge in [-0.15, -0.1) is 0 Å². The number of nitrogens with zero attached hydrogens (tertiary/aromatic N) is 4. The van der Waals surface area contributed by atoms with Gasteiger partial charge in [0.1, 0.15) is 5.82 Å². The van der Waals surface area contributed by atoms with Crippen LogP contribution in [0.5, 0.6) is 0 Å². The van der Waals surface area contributed by atoms with E-state index in [0.29, 0.717) is 43.6 Å². The molecule has 1 spiro atoms. The second kappa shape index (κ2) is 9.86. The standard InChI is InChI=1S/C30H38N4O3/c1-3-22-12-8-9-13-23(22)20-37-25-15-26-30(16-25)17-27(30)33(26)18-24(35)19-34-29(36)32(4-2)28(31-34)14-21-10-6-5-7-11-21/h5-13,24-27,35H,3-4,14-20H2,1-2H3. The maximum Gasteiger partial charge on any atom is 0.346 e. The molecule has 0 radical (unpaired) electrons. The molecule has 5 unspecified atom stereocenters. The second-order valence-electron chi connectivity index (χ2n) is 11.1. The number of aliphatic hydroxyl groups is 1. The molecule has 3 aliphatic rings. The summed E-state index contributed by atoms with van der Waals surface area (Å²) in [5.74, 6) is 0.747. The van der Waals surface area contributed by atoms with Crippen LogP contribution in [0.25, 0.3) is 0 Å². The summed E-state index contributed by atoms with van der Waals surface area (Å²) in [7, 11) is 0. The van der Waals surface area contributed by atoms with Crippen molar-refractivity contribution in [3.63, 3.8) is 0 Å². The highest BCUT2D eigenvalue weighted by Gasteiger charge is 2.75. The van der Waals surface area contributed by atoms with Gasteiger partial charge in [0.25, 0.3) is 0 Å². The summed E-state index contributed by atoms with van der Waals surface area (Å²) >= 11 is 0. The minimum Gasteiger partial charge on any atom is -0.390 e. The predicted molar refractivity (Wildman–Crippen MR) is 142 cm³/mol. The summed E-state index contributed by atoms with van der Waals surface area (Å²) < 4.78 is 9.57. The van der Waals surface area contributed by atoms with Crippen LogP contribution >= 0.6 is 0 Å². The fraction of sp³-hybridized carbons (Fsp3) is 0.533. The number of hydrogen-bond acceptors (Lipinski definition) is 5. The number of rotatable bonds is 11. The monoisotopic (exact) mass is 502 g/mol. The number of β-amino-alcohol motifs (C(OH)–C–C–N with tert-alkyl or cyclic N) is 1. The molecular weight excluding hydrogens is 464 g/mol. The first-order chi connectivity index (χ1) is 18.0. The van der Waals surface area contributed by atoms with E-state index in [1.165, 1.54) is 22.2 Å². The molecule has 2 aromatic carbocycles. The number of aryl methyl sites for hydroxylation is 1. The molecule has 1 aliphatic heterocycles. The summed E-state index contributed by atoms with van der Waals surface area (Å²) in [5, 5.41) is 15.6. The molecule has 1 aromatic heterocycles. The molecular formula is C30H38N4O3. The molecule has 7 nitrogen and oxygen atoms in total. The average Bonchev–Trinajstić information content (AvgIpc) is 3.30. The molecule has 2 heterocycles. The molecule has 0 bridgehead atoms. The van der Waals surface area contributed by atoms with Crippen molar-refractivity contribution in [2.24, 2.45) is 5.41 Å². The number of aromatic nitrogens is 3. The van der Waals surface area contributed by atoms with E-state index in [9.17, 15) is 9.90 Å². The summed E-state index contributed by atoms with van der Waals surface area (Å²) in [4.78, 5) is 15.4. The van der Waals surface area contributed by atoms with E-state index in [-0.39, 0.29) is 18.3 Å². The lowest BCUT2D eigenvalue weighted by Crippen LogP contribution is -2.56. The molecule has 3 aromatic rings. The molecule has 0 amide bonds. The van der Waals surface area contributed by atoms with Gasteiger partial charge in [0.05, 0.1) is 25.4 Å². The Morgan fingerprint density at radius 3 is 2.54 bits per heavy atom. The Labute approximate surface area is 218 Å². The fourth-order valence-electron chi connectivity index (χ4n) is 7.02. The maximum atomic E-state index is 13.0. The van der Waals surface area contributed by atoms with Crippen LogP contribution in [0.4, 0.5) is 0 Å². The highest BCUT2D eigenvalue weighted by molar-refractivity contribution is 5.30. The number of likely N-dealkylation sites (tertiary alicyclic amines) is 1. The summed E-state index contributed by atoms with van der Waals surface area (Å²) in [6.07, 6.45) is 4.66. The minimum absolute atomic E-state index is 0.140. The van der Waals surface area contributed by atoms with E-state index in [1.807, 2.05) is 37.3 Å². The summed E-state index contributed by atoms with van der Waals surface area (Å²) in [5.41, 5.74) is 4.04. The molecule has 1 saturated heterocycles. The Hall–Kier alpha value is -2.74. The van der Waals surface area contributed by atoms with Crippen molar-refractivity contribution in [1.82, 2.24) is 19.2 Å². The number of ether oxygens (including phenoxy) is 1. The molecule has 196 valence electrons. The van der Waals surface area contributed by atoms with Gasteiger partial charge in [0, 0.05) is 37.0 Å². The van der Waals surface area contributed by atoms with Gasteiger partial charge in [0.2, 0.25) is 0 Å². The highest BCUT2D eigenvalue weighted by atomic mass is 16.5. The van der Waals surface area contributed by atoms with Gasteiger partial charge in [-0.1, -0.05) is 61.5 Å². The van der Waals surface area contributed by atoms with Gasteiger partial charge >= 0.3 is 5.69 Å². The van der Waals surface area contributed by atoms with Crippen molar-refractivity contribution in [3.8, 4) is 0 Å². The number of benzene rings is 2. The van der Waals surface area contributed by atoms with E-state index in [4.69, 9.17) is 4.74 Å². The third kappa shape index (κ3) is 4.47. The minimum atomic E-state index is -0.627. The van der Waals surface area contributed by atoms with E-state index >= 15 is 0 Å². The SMILES string of the molecule is CCc1ccccc1COC1CC2N(CC(O)Cn3nc(Cc4ccccc4)n(CC)c3=O)C3CC23C1. The zero-order valence-electron chi connectivity index (χ0n) is 21.9. The molecule has 3 fully saturated rings. The van der Waals surface area contributed by atoms with Crippen molar-refractivity contribution in [2.75, 3.05) is 6.54 Å². The lowest BCUT2D eigenvalue weighted by Gasteiger charge is -2.44. The predicted octanol–water partition coefficient (Wildman–Crippen LogP) is 3.40. The first kappa shape index (κ1) is 24.6. The first-order valence-electron chi connectivity index (χ1n) is 13.8. The largest absolute Gasteiger partial charge is 0.390 e. The quantitative estimate of drug-likeness (QED) is 0.435. The lowest BCUT2D eigenvalue weighted by molar-refractivity contribution is -0.0112. The van der Waals surface area contributed by atoms with E-state index < -0.39 is 6.10 Å². The zero-order valence-corrected chi connectivity index (χ0v) is 21.9. The van der Waals surface area contributed by atoms with Crippen LogP contribution in [-0.2, 0) is 37.3 Å². The molecule has 7 heteroatoms. The van der Waals surface area contributed by atoms with E-state index in [0.717, 1.165) is 30.7 Å². The Balaban J connectivity index is 1.05. The van der Waals surface area contributed by atoms with Gasteiger partial charge in [-0.05, 0) is 49.3 Å². The van der Waals surface area contributed by atoms with E-state index in [2.05, 4.69) is 41.2 Å². The van der Waals surface area contributed by atoms with Crippen LogP contribution in [0, 0.1) is 5.41 Å². The second-order valence-corrected chi connectivity index (χ2v) is 11.1. The normalized spacial score (nSPS) is 26.9. The molecule has 1 N–H and O–H groups in total. The van der Waals surface area contributed by atoms with Crippen molar-refractivity contribution >= 4 is 0 Å². The smallest absolute Gasteiger partial charge is 0.346 e. The molecule has 2 aliphatic carbocycles. The fourth-order valence-corrected chi connectivity index (χ4v) is 7.02. The topological polar surface area (TPSA) is 72.5 Å². The van der Waals surface area contributed by atoms with Crippen LogP contribution in [0.2, 0.25) is 0 Å². The number of hydrogen-bond donors (Lipinski definition) is 1. The van der Waals surface area contributed by atoms with Gasteiger partial charge in [-0.2, -0.15) is 5.10 Å². The molecule has 37 heavy (non-hydrogen) atoms. The summed E-state index contributed by atoms with van der Waals surface area (Å²) in [6.45, 7) is 6.21. The Morgan fingerprint density at radius 1 is 1.03 bits per heavy atom. The van der Waals surface area contributed by atoms with Crippen molar-refractivity contribution < 1.29 is 9.84 Å².